The second kappa shape index (κ2) is 13.1. The van der Waals surface area contributed by atoms with E-state index in [1.807, 2.05) is 0 Å². The van der Waals surface area contributed by atoms with Gasteiger partial charge in [0.1, 0.15) is 12.1 Å². The maximum absolute atomic E-state index is 14.5. The molecule has 4 N–H and O–H groups in total. The Morgan fingerprint density at radius 2 is 2.06 bits per heavy atom. The van der Waals surface area contributed by atoms with E-state index < -0.39 is 5.82 Å². The Kier molecular flexibility index (Phi) is 9.86. The number of halogens is 2. The number of benzene rings is 2. The van der Waals surface area contributed by atoms with Gasteiger partial charge in [-0.15, -0.1) is 0 Å². The average molecular weight is 504 g/mol. The lowest BCUT2D eigenvalue weighted by molar-refractivity contribution is -0.121. The van der Waals surface area contributed by atoms with Crippen LogP contribution in [0.5, 0.6) is 11.5 Å². The quantitative estimate of drug-likeness (QED) is 0.302. The predicted molar refractivity (Wildman–Crippen MR) is 136 cm³/mol. The summed E-state index contributed by atoms with van der Waals surface area (Å²) < 4.78 is 26.4. The summed E-state index contributed by atoms with van der Waals surface area (Å²) in [4.78, 5) is 20.5. The van der Waals surface area contributed by atoms with Crippen molar-refractivity contribution < 1.29 is 18.7 Å². The van der Waals surface area contributed by atoms with Gasteiger partial charge >= 0.3 is 0 Å². The molecular weight excluding hydrogens is 473 g/mol. The van der Waals surface area contributed by atoms with E-state index in [0.717, 1.165) is 12.8 Å². The van der Waals surface area contributed by atoms with Crippen LogP contribution in [-0.4, -0.2) is 42.2 Å². The van der Waals surface area contributed by atoms with E-state index in [9.17, 15) is 9.18 Å². The summed E-state index contributed by atoms with van der Waals surface area (Å²) in [7, 11) is 1.56. The number of aromatic nitrogens is 2. The number of nitrogens with two attached hydrogens (primary N) is 1. The molecule has 10 heteroatoms. The topological polar surface area (TPSA) is 111 Å². The Balaban J connectivity index is 1.84. The van der Waals surface area contributed by atoms with Gasteiger partial charge in [0.05, 0.1) is 29.4 Å². The van der Waals surface area contributed by atoms with Gasteiger partial charge in [-0.05, 0) is 37.5 Å². The van der Waals surface area contributed by atoms with Crippen LogP contribution in [0.15, 0.2) is 36.7 Å². The zero-order chi connectivity index (χ0) is 25.2. The monoisotopic (exact) mass is 503 g/mol. The van der Waals surface area contributed by atoms with Gasteiger partial charge in [0.15, 0.2) is 17.3 Å². The Hall–Kier alpha value is -3.17. The van der Waals surface area contributed by atoms with Crippen molar-refractivity contribution >= 4 is 39.9 Å². The highest BCUT2D eigenvalue weighted by molar-refractivity contribution is 6.31. The first-order chi connectivity index (χ1) is 17.0. The van der Waals surface area contributed by atoms with Gasteiger partial charge in [0.25, 0.3) is 0 Å². The summed E-state index contributed by atoms with van der Waals surface area (Å²) >= 11 is 5.92. The summed E-state index contributed by atoms with van der Waals surface area (Å²) in [6, 6.07) is 8.26. The number of rotatable bonds is 13. The lowest BCUT2D eigenvalue weighted by Gasteiger charge is -2.21. The smallest absolute Gasteiger partial charge is 0.220 e. The van der Waals surface area contributed by atoms with Gasteiger partial charge in [-0.2, -0.15) is 0 Å². The molecular formula is C25H31ClFN5O3. The van der Waals surface area contributed by atoms with Gasteiger partial charge < -0.3 is 25.8 Å². The number of fused-ring (bicyclic) bond motifs is 1. The lowest BCUT2D eigenvalue weighted by Crippen LogP contribution is -2.29. The fraction of sp³-hybridized carbons (Fsp3) is 0.400. The molecule has 0 fully saturated rings. The van der Waals surface area contributed by atoms with Crippen molar-refractivity contribution in [2.24, 2.45) is 5.73 Å². The Morgan fingerprint density at radius 1 is 1.23 bits per heavy atom. The Labute approximate surface area is 209 Å². The van der Waals surface area contributed by atoms with Crippen molar-refractivity contribution in [2.45, 2.75) is 45.1 Å². The minimum absolute atomic E-state index is 0.0122. The fourth-order valence-corrected chi connectivity index (χ4v) is 3.87. The second-order valence-electron chi connectivity index (χ2n) is 8.03. The van der Waals surface area contributed by atoms with Crippen molar-refractivity contribution in [1.29, 1.82) is 0 Å². The molecule has 1 atom stereocenters. The zero-order valence-corrected chi connectivity index (χ0v) is 20.7. The molecule has 0 saturated carbocycles. The van der Waals surface area contributed by atoms with Crippen LogP contribution in [0.25, 0.3) is 10.9 Å². The van der Waals surface area contributed by atoms with Crippen LogP contribution in [-0.2, 0) is 4.79 Å². The Morgan fingerprint density at radius 3 is 2.80 bits per heavy atom. The molecule has 0 bridgehead atoms. The third-order valence-corrected chi connectivity index (χ3v) is 5.72. The molecule has 2 aromatic carbocycles. The van der Waals surface area contributed by atoms with Crippen LogP contribution in [0.4, 0.5) is 15.9 Å². The van der Waals surface area contributed by atoms with E-state index in [-0.39, 0.29) is 22.7 Å². The third-order valence-electron chi connectivity index (χ3n) is 5.43. The molecule has 1 aromatic heterocycles. The number of anilines is 2. The molecule has 188 valence electrons. The van der Waals surface area contributed by atoms with Crippen molar-refractivity contribution in [2.75, 3.05) is 25.5 Å². The summed E-state index contributed by atoms with van der Waals surface area (Å²) in [6.45, 7) is 2.97. The van der Waals surface area contributed by atoms with Crippen LogP contribution in [0.2, 0.25) is 5.02 Å². The van der Waals surface area contributed by atoms with E-state index in [2.05, 4.69) is 27.5 Å². The highest BCUT2D eigenvalue weighted by Crippen LogP contribution is 2.36. The first-order valence-corrected chi connectivity index (χ1v) is 12.0. The Bertz CT molecular complexity index is 1150. The van der Waals surface area contributed by atoms with E-state index in [1.54, 1.807) is 31.4 Å². The van der Waals surface area contributed by atoms with Crippen molar-refractivity contribution in [3.05, 3.63) is 47.5 Å². The van der Waals surface area contributed by atoms with E-state index in [4.69, 9.17) is 26.8 Å². The standard InChI is InChI=1S/C25H31ClFN5O3/c1-3-6-16(7-4-10-23(33)29-12-11-28)35-22-13-17-20(14-21(22)34-2)30-15-31-25(17)32-19-9-5-8-18(26)24(19)27/h5,8-9,13-16H,3-4,6-7,10-12,28H2,1-2H3,(H,29,33)(H,30,31,32)/t16-/m0/s1. The molecule has 8 nitrogen and oxygen atoms in total. The molecule has 3 aromatic rings. The molecule has 3 rings (SSSR count). The minimum atomic E-state index is -0.565. The second-order valence-corrected chi connectivity index (χ2v) is 8.44. The molecule has 35 heavy (non-hydrogen) atoms. The van der Waals surface area contributed by atoms with E-state index >= 15 is 0 Å². The van der Waals surface area contributed by atoms with Crippen LogP contribution >= 0.6 is 11.6 Å². The number of carbonyl (C=O) groups is 1. The molecule has 0 aliphatic heterocycles. The molecule has 1 amide bonds. The first kappa shape index (κ1) is 26.4. The van der Waals surface area contributed by atoms with Crippen LogP contribution in [0.3, 0.4) is 0 Å². The first-order valence-electron chi connectivity index (χ1n) is 11.6. The van der Waals surface area contributed by atoms with Crippen LogP contribution in [0.1, 0.15) is 39.0 Å². The normalized spacial score (nSPS) is 11.8. The number of nitrogens with one attached hydrogen (secondary N) is 2. The average Bonchev–Trinajstić information content (AvgIpc) is 2.85. The number of hydrogen-bond donors (Lipinski definition) is 3. The van der Waals surface area contributed by atoms with Crippen LogP contribution < -0.4 is 25.8 Å². The van der Waals surface area contributed by atoms with E-state index in [0.29, 0.717) is 60.6 Å². The zero-order valence-electron chi connectivity index (χ0n) is 19.9. The van der Waals surface area contributed by atoms with Gasteiger partial charge in [-0.25, -0.2) is 14.4 Å². The summed E-state index contributed by atoms with van der Waals surface area (Å²) in [5.41, 5.74) is 6.24. The summed E-state index contributed by atoms with van der Waals surface area (Å²) in [5, 5.41) is 6.43. The lowest BCUT2D eigenvalue weighted by atomic mass is 10.1. The molecule has 0 unspecified atom stereocenters. The van der Waals surface area contributed by atoms with Gasteiger partial charge in [-0.1, -0.05) is 31.0 Å². The molecule has 0 aliphatic rings. The van der Waals surface area contributed by atoms with Gasteiger partial charge in [0.2, 0.25) is 5.91 Å². The number of nitrogens with zero attached hydrogens (tertiary/aromatic N) is 2. The number of carbonyl (C=O) groups excluding carboxylic acids is 1. The minimum Gasteiger partial charge on any atom is -0.493 e. The summed E-state index contributed by atoms with van der Waals surface area (Å²) in [5.74, 6) is 0.875. The van der Waals surface area contributed by atoms with Crippen molar-refractivity contribution in [1.82, 2.24) is 15.3 Å². The SMILES string of the molecule is CCC[C@@H](CCCC(=O)NCCN)Oc1cc2c(Nc3cccc(Cl)c3F)ncnc2cc1OC. The molecule has 0 saturated heterocycles. The fourth-order valence-electron chi connectivity index (χ4n) is 3.70. The van der Waals surface area contributed by atoms with Crippen molar-refractivity contribution in [3.8, 4) is 11.5 Å². The predicted octanol–water partition coefficient (Wildman–Crippen LogP) is 4.97. The maximum Gasteiger partial charge on any atom is 0.220 e. The highest BCUT2D eigenvalue weighted by Gasteiger charge is 2.17. The van der Waals surface area contributed by atoms with Crippen molar-refractivity contribution in [3.63, 3.8) is 0 Å². The van der Waals surface area contributed by atoms with Gasteiger partial charge in [-0.3, -0.25) is 4.79 Å². The molecule has 1 heterocycles. The molecule has 0 radical (unpaired) electrons. The number of amides is 1. The number of ether oxygens (including phenoxy) is 2. The van der Waals surface area contributed by atoms with Crippen LogP contribution in [0, 0.1) is 5.82 Å². The number of hydrogen-bond acceptors (Lipinski definition) is 7. The maximum atomic E-state index is 14.5. The van der Waals surface area contributed by atoms with Gasteiger partial charge in [0, 0.05) is 31.0 Å². The number of methoxy groups -OCH3 is 1. The highest BCUT2D eigenvalue weighted by atomic mass is 35.5. The molecule has 0 spiro atoms. The van der Waals surface area contributed by atoms with E-state index in [1.165, 1.54) is 12.4 Å². The molecule has 0 aliphatic carbocycles. The summed E-state index contributed by atoms with van der Waals surface area (Å²) in [6.07, 6.45) is 4.81. The third kappa shape index (κ3) is 7.16. The largest absolute Gasteiger partial charge is 0.493 e.